The van der Waals surface area contributed by atoms with Crippen LogP contribution < -0.4 is 0 Å². The third-order valence-electron chi connectivity index (χ3n) is 1.19. The van der Waals surface area contributed by atoms with E-state index in [4.69, 9.17) is 0 Å². The van der Waals surface area contributed by atoms with Gasteiger partial charge in [-0.15, -0.1) is 0 Å². The highest BCUT2D eigenvalue weighted by atomic mass is 19.4. The van der Waals surface area contributed by atoms with Gasteiger partial charge in [-0.1, -0.05) is 0 Å². The van der Waals surface area contributed by atoms with Gasteiger partial charge in [0.2, 0.25) is 0 Å². The molecule has 1 radical (unpaired) electrons. The molecule has 1 rings (SSSR count). The van der Waals surface area contributed by atoms with E-state index in [1.54, 1.807) is 0 Å². The summed E-state index contributed by atoms with van der Waals surface area (Å²) in [6, 6.07) is 0.951. The zero-order chi connectivity index (χ0) is 8.65. The molecule has 1 heterocycles. The predicted octanol–water partition coefficient (Wildman–Crippen LogP) is 1.85. The van der Waals surface area contributed by atoms with Crippen molar-refractivity contribution in [2.45, 2.75) is 13.1 Å². The number of hydrogen-bond acceptors (Lipinski definition) is 1. The van der Waals surface area contributed by atoms with Gasteiger partial charge in [0.1, 0.15) is 5.69 Å². The Morgan fingerprint density at radius 1 is 1.55 bits per heavy atom. The fourth-order valence-corrected chi connectivity index (χ4v) is 0.774. The lowest BCUT2D eigenvalue weighted by Gasteiger charge is -2.04. The van der Waals surface area contributed by atoms with Gasteiger partial charge >= 0.3 is 6.18 Å². The Kier molecular flexibility index (Phi) is 1.66. The maximum absolute atomic E-state index is 12.0. The molecule has 5 heteroatoms. The maximum atomic E-state index is 12.0. The van der Waals surface area contributed by atoms with Crippen LogP contribution in [-0.4, -0.2) is 9.78 Å². The average Bonchev–Trinajstić information content (AvgIpc) is 2.08. The Morgan fingerprint density at radius 2 is 2.09 bits per heavy atom. The van der Waals surface area contributed by atoms with Crippen LogP contribution in [0.25, 0.3) is 0 Å². The van der Waals surface area contributed by atoms with Crippen molar-refractivity contribution in [1.82, 2.24) is 9.78 Å². The van der Waals surface area contributed by atoms with Gasteiger partial charge in [0.25, 0.3) is 0 Å². The average molecular weight is 163 g/mol. The van der Waals surface area contributed by atoms with Crippen LogP contribution in [0.5, 0.6) is 0 Å². The number of aromatic nitrogens is 2. The molecular weight excluding hydrogens is 157 g/mol. The van der Waals surface area contributed by atoms with E-state index in [1.807, 2.05) is 0 Å². The lowest BCUT2D eigenvalue weighted by atomic mass is 10.4. The maximum Gasteiger partial charge on any atom is 0.433 e. The van der Waals surface area contributed by atoms with Crippen LogP contribution in [-0.2, 0) is 6.18 Å². The molecule has 0 aromatic carbocycles. The summed E-state index contributed by atoms with van der Waals surface area (Å²) in [6.45, 7) is 1.48. The number of aryl methyl sites for hydroxylation is 1. The second-order valence-corrected chi connectivity index (χ2v) is 2.17. The molecule has 0 bridgehead atoms. The van der Waals surface area contributed by atoms with Crippen molar-refractivity contribution in [2.75, 3.05) is 0 Å². The molecule has 0 N–H and O–H groups in total. The summed E-state index contributed by atoms with van der Waals surface area (Å²) in [5, 5.41) is 3.46. The van der Waals surface area contributed by atoms with Gasteiger partial charge in [-0.25, -0.2) is 0 Å². The van der Waals surface area contributed by atoms with E-state index in [9.17, 15) is 13.2 Å². The van der Waals surface area contributed by atoms with Crippen molar-refractivity contribution in [2.24, 2.45) is 0 Å². The van der Waals surface area contributed by atoms with Crippen LogP contribution in [0.15, 0.2) is 6.07 Å². The van der Waals surface area contributed by atoms with Gasteiger partial charge in [-0.05, 0) is 13.0 Å². The molecule has 2 nitrogen and oxygen atoms in total. The first-order valence-corrected chi connectivity index (χ1v) is 2.86. The summed E-state index contributed by atoms with van der Waals surface area (Å²) in [5.41, 5.74) is -0.512. The number of halogens is 3. The fraction of sp³-hybridized carbons (Fsp3) is 0.333. The highest BCUT2D eigenvalue weighted by Gasteiger charge is 2.34. The topological polar surface area (TPSA) is 17.8 Å². The molecule has 1 aromatic heterocycles. The van der Waals surface area contributed by atoms with E-state index in [-0.39, 0.29) is 0 Å². The van der Waals surface area contributed by atoms with E-state index in [0.717, 1.165) is 6.07 Å². The lowest BCUT2D eigenvalue weighted by molar-refractivity contribution is -0.142. The second kappa shape index (κ2) is 2.25. The standard InChI is InChI=1S/C6H6F3N2/c1-4-3-5(6(7,8)9)11(2)10-4/h3H,2H2,1H3. The summed E-state index contributed by atoms with van der Waals surface area (Å²) in [4.78, 5) is 0. The largest absolute Gasteiger partial charge is 0.433 e. The number of nitrogens with zero attached hydrogens (tertiary/aromatic N) is 2. The highest BCUT2D eigenvalue weighted by molar-refractivity contribution is 5.12. The number of rotatable bonds is 0. The van der Waals surface area contributed by atoms with Gasteiger partial charge in [-0.2, -0.15) is 18.3 Å². The summed E-state index contributed by atoms with van der Waals surface area (Å²) < 4.78 is 36.5. The first kappa shape index (κ1) is 8.10. The monoisotopic (exact) mass is 163 g/mol. The molecular formula is C6H6F3N2. The zero-order valence-electron chi connectivity index (χ0n) is 5.81. The summed E-state index contributed by atoms with van der Waals surface area (Å²) in [6.07, 6.45) is -4.36. The van der Waals surface area contributed by atoms with Crippen LogP contribution in [0.4, 0.5) is 13.2 Å². The van der Waals surface area contributed by atoms with Gasteiger partial charge in [0, 0.05) is 0 Å². The van der Waals surface area contributed by atoms with E-state index in [1.165, 1.54) is 6.92 Å². The molecule has 0 saturated carbocycles. The van der Waals surface area contributed by atoms with Crippen LogP contribution in [0.3, 0.4) is 0 Å². The van der Waals surface area contributed by atoms with Crippen LogP contribution >= 0.6 is 0 Å². The van der Waals surface area contributed by atoms with Crippen LogP contribution in [0.1, 0.15) is 11.4 Å². The van der Waals surface area contributed by atoms with E-state index >= 15 is 0 Å². The van der Waals surface area contributed by atoms with Gasteiger partial charge < -0.3 is 0 Å². The van der Waals surface area contributed by atoms with E-state index in [2.05, 4.69) is 12.1 Å². The van der Waals surface area contributed by atoms with Crippen molar-refractivity contribution >= 4 is 0 Å². The molecule has 1 aromatic rings. The predicted molar refractivity (Wildman–Crippen MR) is 32.7 cm³/mol. The minimum atomic E-state index is -4.36. The fourth-order valence-electron chi connectivity index (χ4n) is 0.774. The van der Waals surface area contributed by atoms with Crippen molar-refractivity contribution in [3.63, 3.8) is 0 Å². The summed E-state index contributed by atoms with van der Waals surface area (Å²) >= 11 is 0. The SMILES string of the molecule is [CH2]n1nc(C)cc1C(F)(F)F. The Bertz CT molecular complexity index is 261. The van der Waals surface area contributed by atoms with Crippen molar-refractivity contribution in [3.8, 4) is 0 Å². The number of alkyl halides is 3. The third kappa shape index (κ3) is 1.53. The van der Waals surface area contributed by atoms with Crippen LogP contribution in [0, 0.1) is 14.0 Å². The zero-order valence-corrected chi connectivity index (χ0v) is 5.81. The Morgan fingerprint density at radius 3 is 2.27 bits per heavy atom. The van der Waals surface area contributed by atoms with Crippen LogP contribution in [0.2, 0.25) is 0 Å². The lowest BCUT2D eigenvalue weighted by Crippen LogP contribution is -2.10. The molecule has 0 fully saturated rings. The number of hydrogen-bond donors (Lipinski definition) is 0. The normalized spacial score (nSPS) is 12.1. The highest BCUT2D eigenvalue weighted by Crippen LogP contribution is 2.28. The molecule has 0 saturated heterocycles. The molecule has 61 valence electrons. The van der Waals surface area contributed by atoms with E-state index in [0.29, 0.717) is 10.4 Å². The van der Waals surface area contributed by atoms with Crippen molar-refractivity contribution in [3.05, 3.63) is 24.5 Å². The first-order valence-electron chi connectivity index (χ1n) is 2.86. The molecule has 0 aliphatic carbocycles. The molecule has 0 amide bonds. The van der Waals surface area contributed by atoms with Gasteiger partial charge in [-0.3, -0.25) is 4.68 Å². The van der Waals surface area contributed by atoms with Gasteiger partial charge in [0.15, 0.2) is 0 Å². The Labute approximate surface area is 61.6 Å². The van der Waals surface area contributed by atoms with Crippen molar-refractivity contribution < 1.29 is 13.2 Å². The first-order chi connectivity index (χ1) is 4.91. The Balaban J connectivity index is 3.13. The molecule has 0 atom stereocenters. The molecule has 0 spiro atoms. The minimum absolute atomic E-state index is 0.312. The smallest absolute Gasteiger partial charge is 0.258 e. The third-order valence-corrected chi connectivity index (χ3v) is 1.19. The molecule has 0 aliphatic heterocycles. The molecule has 0 aliphatic rings. The Hall–Kier alpha value is -1.00. The minimum Gasteiger partial charge on any atom is -0.258 e. The van der Waals surface area contributed by atoms with E-state index < -0.39 is 11.9 Å². The quantitative estimate of drug-likeness (QED) is 0.570. The van der Waals surface area contributed by atoms with Gasteiger partial charge in [0.05, 0.1) is 12.7 Å². The molecule has 11 heavy (non-hydrogen) atoms. The van der Waals surface area contributed by atoms with Crippen molar-refractivity contribution in [1.29, 1.82) is 0 Å². The summed E-state index contributed by atoms with van der Waals surface area (Å²) in [7, 11) is 3.09. The second-order valence-electron chi connectivity index (χ2n) is 2.17. The molecule has 0 unspecified atom stereocenters. The summed E-state index contributed by atoms with van der Waals surface area (Å²) in [5.74, 6) is 0.